The van der Waals surface area contributed by atoms with Gasteiger partial charge in [-0.3, -0.25) is 19.2 Å². The van der Waals surface area contributed by atoms with Gasteiger partial charge >= 0.3 is 5.97 Å². The third-order valence-electron chi connectivity index (χ3n) is 8.70. The van der Waals surface area contributed by atoms with Gasteiger partial charge in [0.15, 0.2) is 11.3 Å². The molecule has 13 heteroatoms. The van der Waals surface area contributed by atoms with Crippen LogP contribution >= 0.6 is 23.2 Å². The van der Waals surface area contributed by atoms with Crippen LogP contribution in [0.3, 0.4) is 0 Å². The predicted octanol–water partition coefficient (Wildman–Crippen LogP) is 6.52. The monoisotopic (exact) mass is 670 g/mol. The zero-order valence-corrected chi connectivity index (χ0v) is 26.4. The number of aliphatic carboxylic acids is 1. The first-order valence-corrected chi connectivity index (χ1v) is 15.9. The van der Waals surface area contributed by atoms with Gasteiger partial charge in [0, 0.05) is 30.8 Å². The van der Waals surface area contributed by atoms with E-state index >= 15 is 0 Å². The van der Waals surface area contributed by atoms with Gasteiger partial charge in [-0.25, -0.2) is 4.98 Å². The summed E-state index contributed by atoms with van der Waals surface area (Å²) in [4.78, 5) is 31.2. The first-order chi connectivity index (χ1) is 22.7. The zero-order chi connectivity index (χ0) is 32.8. The van der Waals surface area contributed by atoms with Crippen LogP contribution in [-0.4, -0.2) is 54.8 Å². The molecule has 47 heavy (non-hydrogen) atoms. The molecular weight excluding hydrogens is 643 g/mol. The second-order valence-electron chi connectivity index (χ2n) is 11.8. The minimum atomic E-state index is -0.798. The van der Waals surface area contributed by atoms with E-state index in [0.717, 1.165) is 12.0 Å². The number of anilines is 1. The van der Waals surface area contributed by atoms with Crippen LogP contribution < -0.4 is 5.32 Å². The van der Waals surface area contributed by atoms with Gasteiger partial charge in [-0.15, -0.1) is 0 Å². The van der Waals surface area contributed by atoms with E-state index in [1.807, 2.05) is 6.07 Å². The quantitative estimate of drug-likeness (QED) is 0.175. The fourth-order valence-electron chi connectivity index (χ4n) is 6.32. The number of carbonyl (C=O) groups is 2. The number of amides is 1. The SMILES string of the molecule is N#Cc1cc(CN2CC[C@@H](C(=O)O)C2)cc2nc(-c3cccc(-c4cccc(NC(=O)c5cc6n(n5)CCCC6O)c4Cl)c3Cl)oc12. The van der Waals surface area contributed by atoms with Crippen molar-refractivity contribution in [3.63, 3.8) is 0 Å². The maximum atomic E-state index is 13.1. The Morgan fingerprint density at radius 1 is 1.04 bits per heavy atom. The molecule has 1 saturated heterocycles. The van der Waals surface area contributed by atoms with Gasteiger partial charge in [-0.1, -0.05) is 47.5 Å². The summed E-state index contributed by atoms with van der Waals surface area (Å²) < 4.78 is 7.75. The van der Waals surface area contributed by atoms with Gasteiger partial charge in [0.2, 0.25) is 5.89 Å². The van der Waals surface area contributed by atoms with Crippen LogP contribution in [0, 0.1) is 17.2 Å². The summed E-state index contributed by atoms with van der Waals surface area (Å²) in [5.74, 6) is -1.43. The summed E-state index contributed by atoms with van der Waals surface area (Å²) in [6, 6.07) is 17.9. The Morgan fingerprint density at radius 3 is 2.55 bits per heavy atom. The summed E-state index contributed by atoms with van der Waals surface area (Å²) in [7, 11) is 0. The van der Waals surface area contributed by atoms with Gasteiger partial charge in [-0.05, 0) is 61.7 Å². The van der Waals surface area contributed by atoms with E-state index in [2.05, 4.69) is 26.4 Å². The molecule has 1 fully saturated rings. The Balaban J connectivity index is 1.17. The van der Waals surface area contributed by atoms with E-state index in [1.54, 1.807) is 53.2 Å². The highest BCUT2D eigenvalue weighted by molar-refractivity contribution is 6.39. The fourth-order valence-corrected chi connectivity index (χ4v) is 6.90. The van der Waals surface area contributed by atoms with E-state index < -0.39 is 23.9 Å². The maximum Gasteiger partial charge on any atom is 0.307 e. The normalized spacial score (nSPS) is 17.8. The van der Waals surface area contributed by atoms with Crippen molar-refractivity contribution in [1.82, 2.24) is 19.7 Å². The number of carboxylic acids is 1. The third-order valence-corrected chi connectivity index (χ3v) is 9.51. The van der Waals surface area contributed by atoms with Crippen LogP contribution in [-0.2, 0) is 17.9 Å². The Labute approximate surface area is 278 Å². The number of hydrogen-bond donors (Lipinski definition) is 3. The molecule has 1 unspecified atom stereocenters. The van der Waals surface area contributed by atoms with Crippen molar-refractivity contribution in [3.8, 4) is 28.7 Å². The number of halogens is 2. The van der Waals surface area contributed by atoms with E-state index in [9.17, 15) is 25.1 Å². The van der Waals surface area contributed by atoms with Crippen molar-refractivity contribution >= 4 is 51.9 Å². The lowest BCUT2D eigenvalue weighted by molar-refractivity contribution is -0.141. The van der Waals surface area contributed by atoms with Crippen LogP contribution in [0.2, 0.25) is 10.0 Å². The van der Waals surface area contributed by atoms with Crippen molar-refractivity contribution in [1.29, 1.82) is 5.26 Å². The second kappa shape index (κ2) is 12.5. The van der Waals surface area contributed by atoms with Crippen LogP contribution in [0.1, 0.15) is 52.7 Å². The lowest BCUT2D eigenvalue weighted by Gasteiger charge is -2.18. The van der Waals surface area contributed by atoms with E-state index in [0.29, 0.717) is 88.8 Å². The first kappa shape index (κ1) is 30.9. The molecule has 11 nitrogen and oxygen atoms in total. The molecule has 0 bridgehead atoms. The Hall–Kier alpha value is -4.73. The number of hydrogen-bond acceptors (Lipinski definition) is 8. The van der Waals surface area contributed by atoms with E-state index in [1.165, 1.54) is 0 Å². The van der Waals surface area contributed by atoms with Gasteiger partial charge < -0.3 is 19.9 Å². The number of nitrogens with one attached hydrogen (secondary N) is 1. The zero-order valence-electron chi connectivity index (χ0n) is 24.9. The van der Waals surface area contributed by atoms with Gasteiger partial charge in [0.25, 0.3) is 5.91 Å². The topological polar surface area (TPSA) is 158 Å². The van der Waals surface area contributed by atoms with Crippen molar-refractivity contribution in [2.45, 2.75) is 38.5 Å². The van der Waals surface area contributed by atoms with Crippen molar-refractivity contribution in [2.75, 3.05) is 18.4 Å². The number of aromatic nitrogens is 3. The molecule has 7 rings (SSSR count). The number of oxazole rings is 1. The summed E-state index contributed by atoms with van der Waals surface area (Å²) in [5, 5.41) is 37.3. The molecule has 0 radical (unpaired) electrons. The highest BCUT2D eigenvalue weighted by atomic mass is 35.5. The minimum Gasteiger partial charge on any atom is -0.481 e. The van der Waals surface area contributed by atoms with E-state index in [-0.39, 0.29) is 16.6 Å². The molecule has 2 aliphatic heterocycles. The summed E-state index contributed by atoms with van der Waals surface area (Å²) in [6.07, 6.45) is 1.34. The highest BCUT2D eigenvalue weighted by Gasteiger charge is 2.28. The van der Waals surface area contributed by atoms with Crippen molar-refractivity contribution in [2.24, 2.45) is 5.92 Å². The third kappa shape index (κ3) is 5.85. The number of rotatable bonds is 7. The summed E-state index contributed by atoms with van der Waals surface area (Å²) in [5.41, 5.74) is 4.76. The molecule has 2 aromatic heterocycles. The molecule has 5 aromatic rings. The molecule has 1 amide bonds. The van der Waals surface area contributed by atoms with Gasteiger partial charge in [0.1, 0.15) is 11.6 Å². The Morgan fingerprint density at radius 2 is 1.81 bits per heavy atom. The average molecular weight is 672 g/mol. The molecule has 3 aromatic carbocycles. The van der Waals surface area contributed by atoms with Crippen molar-refractivity contribution < 1.29 is 24.2 Å². The van der Waals surface area contributed by atoms with Crippen molar-refractivity contribution in [3.05, 3.63) is 87.2 Å². The summed E-state index contributed by atoms with van der Waals surface area (Å²) in [6.45, 7) is 2.23. The largest absolute Gasteiger partial charge is 0.481 e. The molecule has 0 aliphatic carbocycles. The number of likely N-dealkylation sites (tertiary alicyclic amines) is 1. The van der Waals surface area contributed by atoms with Crippen LogP contribution in [0.5, 0.6) is 0 Å². The first-order valence-electron chi connectivity index (χ1n) is 15.1. The molecule has 0 spiro atoms. The second-order valence-corrected chi connectivity index (χ2v) is 12.6. The number of carboxylic acid groups (broad SMARTS) is 1. The summed E-state index contributed by atoms with van der Waals surface area (Å²) >= 11 is 13.8. The number of carbonyl (C=O) groups excluding carboxylic acids is 1. The number of aliphatic hydroxyl groups is 1. The molecule has 2 aliphatic rings. The molecule has 2 atom stereocenters. The number of aliphatic hydroxyl groups excluding tert-OH is 1. The van der Waals surface area contributed by atoms with Crippen LogP contribution in [0.4, 0.5) is 5.69 Å². The number of aryl methyl sites for hydroxylation is 1. The Kier molecular flexibility index (Phi) is 8.20. The number of nitriles is 1. The lowest BCUT2D eigenvalue weighted by atomic mass is 10.0. The molecule has 4 heterocycles. The lowest BCUT2D eigenvalue weighted by Crippen LogP contribution is -2.22. The Bertz CT molecular complexity index is 2100. The number of fused-ring (bicyclic) bond motifs is 2. The smallest absolute Gasteiger partial charge is 0.307 e. The molecule has 3 N–H and O–H groups in total. The molecule has 0 saturated carbocycles. The molecule has 238 valence electrons. The van der Waals surface area contributed by atoms with Crippen LogP contribution in [0.25, 0.3) is 33.7 Å². The van der Waals surface area contributed by atoms with Gasteiger partial charge in [0.05, 0.1) is 44.6 Å². The van der Waals surface area contributed by atoms with Crippen LogP contribution in [0.15, 0.2) is 59.0 Å². The van der Waals surface area contributed by atoms with E-state index in [4.69, 9.17) is 27.6 Å². The molecular formula is C34H28Cl2N6O5. The predicted molar refractivity (Wildman–Crippen MR) is 175 cm³/mol. The minimum absolute atomic E-state index is 0.184. The maximum absolute atomic E-state index is 13.1. The fraction of sp³-hybridized carbons (Fsp3) is 0.265. The number of benzene rings is 3. The standard InChI is InChI=1S/C34H28Cl2N6O5/c35-29-21(22-5-2-7-24(30(22)36)38-32(44)26-14-27-28(43)8-3-10-42(27)40-26)4-1-6-23(29)33-39-25-13-18(12-20(15-37)31(25)47-33)16-41-11-9-19(17-41)34(45)46/h1-2,4-7,12-14,19,28,43H,3,8-11,16-17H2,(H,38,44)(H,45,46)/t19-,28?/m1/s1. The highest BCUT2D eigenvalue weighted by Crippen LogP contribution is 2.42. The average Bonchev–Trinajstić information content (AvgIpc) is 3.81. The number of nitrogens with zero attached hydrogens (tertiary/aromatic N) is 5. The van der Waals surface area contributed by atoms with Gasteiger partial charge in [-0.2, -0.15) is 10.4 Å².